The molecule has 1 aromatic carbocycles. The molecular formula is C24H33N5O4. The fourth-order valence-electron chi connectivity index (χ4n) is 4.58. The molecule has 1 saturated heterocycles. The van der Waals surface area contributed by atoms with Crippen LogP contribution in [0.1, 0.15) is 37.8 Å². The smallest absolute Gasteiger partial charge is 0.414 e. The van der Waals surface area contributed by atoms with Crippen molar-refractivity contribution in [2.75, 3.05) is 45.8 Å². The highest BCUT2D eigenvalue weighted by molar-refractivity contribution is 5.92. The summed E-state index contributed by atoms with van der Waals surface area (Å²) >= 11 is 0. The van der Waals surface area contributed by atoms with Crippen LogP contribution in [0.25, 0.3) is 11.1 Å². The third-order valence-corrected chi connectivity index (χ3v) is 6.55. The first kappa shape index (κ1) is 23.1. The minimum Gasteiger partial charge on any atom is -0.483 e. The minimum absolute atomic E-state index is 0.00900. The third kappa shape index (κ3) is 4.68. The summed E-state index contributed by atoms with van der Waals surface area (Å²) in [4.78, 5) is 28.0. The van der Waals surface area contributed by atoms with E-state index in [-0.39, 0.29) is 18.6 Å². The van der Waals surface area contributed by atoms with Crippen molar-refractivity contribution >= 4 is 17.7 Å². The molecule has 1 aromatic heterocycles. The Labute approximate surface area is 194 Å². The molecule has 9 heteroatoms. The van der Waals surface area contributed by atoms with Gasteiger partial charge >= 0.3 is 6.09 Å². The topological polar surface area (TPSA) is 88.9 Å². The minimum atomic E-state index is -0.398. The van der Waals surface area contributed by atoms with Crippen molar-refractivity contribution in [3.63, 3.8) is 0 Å². The first-order valence-corrected chi connectivity index (χ1v) is 11.5. The first-order chi connectivity index (χ1) is 15.9. The zero-order valence-electron chi connectivity index (χ0n) is 19.8. The Morgan fingerprint density at radius 2 is 1.97 bits per heavy atom. The fourth-order valence-corrected chi connectivity index (χ4v) is 4.58. The number of fused-ring (bicyclic) bond motifs is 1. The molecule has 1 N–H and O–H groups in total. The van der Waals surface area contributed by atoms with Gasteiger partial charge in [0.05, 0.1) is 25.0 Å². The molecule has 0 aliphatic carbocycles. The molecule has 4 rings (SSSR count). The molecule has 0 radical (unpaired) electrons. The van der Waals surface area contributed by atoms with Crippen LogP contribution in [0.5, 0.6) is 5.75 Å². The molecule has 1 unspecified atom stereocenters. The molecule has 9 nitrogen and oxygen atoms in total. The van der Waals surface area contributed by atoms with Crippen molar-refractivity contribution in [1.29, 1.82) is 0 Å². The lowest BCUT2D eigenvalue weighted by molar-refractivity contribution is -0.130. The van der Waals surface area contributed by atoms with Gasteiger partial charge in [0.25, 0.3) is 5.91 Å². The van der Waals surface area contributed by atoms with Crippen LogP contribution in [0, 0.1) is 0 Å². The molecule has 0 spiro atoms. The number of piperidine rings is 1. The lowest BCUT2D eigenvalue weighted by Crippen LogP contribution is -2.42. The molecular weight excluding hydrogens is 422 g/mol. The van der Waals surface area contributed by atoms with Gasteiger partial charge in [-0.15, -0.1) is 0 Å². The summed E-state index contributed by atoms with van der Waals surface area (Å²) in [7, 11) is 4.80. The zero-order chi connectivity index (χ0) is 23.5. The second kappa shape index (κ2) is 9.82. The number of nitrogens with zero attached hydrogens (tertiary/aromatic N) is 4. The molecule has 2 amide bonds. The van der Waals surface area contributed by atoms with Gasteiger partial charge < -0.3 is 19.7 Å². The summed E-state index contributed by atoms with van der Waals surface area (Å²) in [5.41, 5.74) is 3.49. The third-order valence-electron chi connectivity index (χ3n) is 6.55. The van der Waals surface area contributed by atoms with Crippen LogP contribution in [-0.2, 0) is 16.0 Å². The van der Waals surface area contributed by atoms with Crippen LogP contribution >= 0.6 is 0 Å². The van der Waals surface area contributed by atoms with E-state index in [1.54, 1.807) is 19.0 Å². The van der Waals surface area contributed by atoms with E-state index in [0.29, 0.717) is 11.8 Å². The molecule has 0 bridgehead atoms. The number of aromatic nitrogens is 2. The summed E-state index contributed by atoms with van der Waals surface area (Å²) < 4.78 is 13.2. The Morgan fingerprint density at radius 3 is 2.67 bits per heavy atom. The van der Waals surface area contributed by atoms with Crippen LogP contribution in [0.4, 0.5) is 10.5 Å². The predicted molar refractivity (Wildman–Crippen MR) is 126 cm³/mol. The van der Waals surface area contributed by atoms with Gasteiger partial charge in [-0.1, -0.05) is 0 Å². The fraction of sp³-hybridized carbons (Fsp3) is 0.542. The van der Waals surface area contributed by atoms with E-state index in [2.05, 4.69) is 16.6 Å². The number of carbonyl (C=O) groups is 2. The number of hydrogen-bond acceptors (Lipinski definition) is 6. The molecule has 2 aliphatic rings. The lowest BCUT2D eigenvalue weighted by Gasteiger charge is -2.35. The summed E-state index contributed by atoms with van der Waals surface area (Å²) in [6.45, 7) is 3.90. The Bertz CT molecular complexity index is 1010. The second-order valence-corrected chi connectivity index (χ2v) is 8.93. The number of likely N-dealkylation sites (N-methyl/N-ethyl adjacent to an activating group) is 1. The number of benzene rings is 1. The molecule has 2 aromatic rings. The first-order valence-electron chi connectivity index (χ1n) is 11.5. The molecule has 3 heterocycles. The van der Waals surface area contributed by atoms with E-state index < -0.39 is 6.09 Å². The standard InChI is InChI=1S/C24H33N5O4/c1-16-5-6-20-21(29(16)24(31)32-4)8-7-19(23(20)33-15-22(30)27(2)3)17-13-26-28(14-17)18-9-11-25-12-10-18/h7-8,13-14,16,18,25H,5-6,9-12,15H2,1-4H3. The molecule has 0 saturated carbocycles. The number of rotatable bonds is 5. The van der Waals surface area contributed by atoms with Gasteiger partial charge in [-0.05, 0) is 57.8 Å². The van der Waals surface area contributed by atoms with Crippen molar-refractivity contribution in [3.05, 3.63) is 30.1 Å². The number of methoxy groups -OCH3 is 1. The van der Waals surface area contributed by atoms with E-state index in [1.165, 1.54) is 12.0 Å². The van der Waals surface area contributed by atoms with Crippen molar-refractivity contribution in [2.24, 2.45) is 0 Å². The van der Waals surface area contributed by atoms with E-state index >= 15 is 0 Å². The normalized spacial score (nSPS) is 18.5. The highest BCUT2D eigenvalue weighted by Gasteiger charge is 2.32. The highest BCUT2D eigenvalue weighted by Crippen LogP contribution is 2.43. The van der Waals surface area contributed by atoms with Crippen LogP contribution in [0.15, 0.2) is 24.5 Å². The molecule has 2 aliphatic heterocycles. The van der Waals surface area contributed by atoms with Gasteiger partial charge in [0.2, 0.25) is 0 Å². The van der Waals surface area contributed by atoms with Crippen molar-refractivity contribution in [3.8, 4) is 16.9 Å². The quantitative estimate of drug-likeness (QED) is 0.746. The maximum atomic E-state index is 12.5. The van der Waals surface area contributed by atoms with Crippen molar-refractivity contribution < 1.29 is 19.1 Å². The Morgan fingerprint density at radius 1 is 1.21 bits per heavy atom. The second-order valence-electron chi connectivity index (χ2n) is 8.93. The number of hydrogen-bond donors (Lipinski definition) is 1. The van der Waals surface area contributed by atoms with E-state index in [9.17, 15) is 9.59 Å². The number of carbonyl (C=O) groups excluding carboxylic acids is 2. The SMILES string of the molecule is COC(=O)N1c2ccc(-c3cnn(C4CCNCC4)c3)c(OCC(=O)N(C)C)c2CCC1C. The van der Waals surface area contributed by atoms with Crippen molar-refractivity contribution in [1.82, 2.24) is 20.0 Å². The van der Waals surface area contributed by atoms with E-state index in [4.69, 9.17) is 9.47 Å². The van der Waals surface area contributed by atoms with Gasteiger partial charge in [-0.25, -0.2) is 4.79 Å². The van der Waals surface area contributed by atoms with Gasteiger partial charge in [-0.3, -0.25) is 14.4 Å². The Balaban J connectivity index is 1.74. The van der Waals surface area contributed by atoms with Crippen LogP contribution < -0.4 is 15.0 Å². The number of nitrogens with one attached hydrogen (secondary N) is 1. The molecule has 178 valence electrons. The maximum absolute atomic E-state index is 12.5. The molecule has 1 atom stereocenters. The van der Waals surface area contributed by atoms with Gasteiger partial charge in [-0.2, -0.15) is 5.10 Å². The van der Waals surface area contributed by atoms with E-state index in [1.807, 2.05) is 29.9 Å². The Hall–Kier alpha value is -3.07. The summed E-state index contributed by atoms with van der Waals surface area (Å²) in [5.74, 6) is 0.506. The molecule has 33 heavy (non-hydrogen) atoms. The van der Waals surface area contributed by atoms with Crippen LogP contribution in [0.3, 0.4) is 0 Å². The van der Waals surface area contributed by atoms with Crippen molar-refractivity contribution in [2.45, 2.75) is 44.7 Å². The Kier molecular flexibility index (Phi) is 6.88. The average Bonchev–Trinajstić information content (AvgIpc) is 3.32. The monoisotopic (exact) mass is 455 g/mol. The number of ether oxygens (including phenoxy) is 2. The van der Waals surface area contributed by atoms with Gasteiger partial charge in [0.15, 0.2) is 6.61 Å². The average molecular weight is 456 g/mol. The largest absolute Gasteiger partial charge is 0.483 e. The van der Waals surface area contributed by atoms with E-state index in [0.717, 1.165) is 61.2 Å². The number of amides is 2. The van der Waals surface area contributed by atoms with Crippen LogP contribution in [-0.4, -0.2) is 73.6 Å². The van der Waals surface area contributed by atoms with Crippen LogP contribution in [0.2, 0.25) is 0 Å². The lowest BCUT2D eigenvalue weighted by atomic mass is 9.92. The van der Waals surface area contributed by atoms with Gasteiger partial charge in [0, 0.05) is 43.0 Å². The summed E-state index contributed by atoms with van der Waals surface area (Å²) in [5, 5.41) is 8.02. The zero-order valence-corrected chi connectivity index (χ0v) is 19.8. The summed E-state index contributed by atoms with van der Waals surface area (Å²) in [6, 6.07) is 4.27. The molecule has 1 fully saturated rings. The number of anilines is 1. The maximum Gasteiger partial charge on any atom is 0.414 e. The highest BCUT2D eigenvalue weighted by atomic mass is 16.5. The van der Waals surface area contributed by atoms with Gasteiger partial charge in [0.1, 0.15) is 5.75 Å². The predicted octanol–water partition coefficient (Wildman–Crippen LogP) is 2.85. The summed E-state index contributed by atoms with van der Waals surface area (Å²) in [6.07, 6.45) is 7.11.